The van der Waals surface area contributed by atoms with E-state index in [9.17, 15) is 5.11 Å². The third kappa shape index (κ3) is 4.74. The van der Waals surface area contributed by atoms with Crippen molar-refractivity contribution >= 4 is 62.3 Å². The van der Waals surface area contributed by atoms with Gasteiger partial charge in [-0.1, -0.05) is 96.5 Å². The van der Waals surface area contributed by atoms with Gasteiger partial charge >= 0.3 is 7.48 Å². The maximum absolute atomic E-state index is 10.5. The minimum Gasteiger partial charge on any atom is -0.427 e. The fourth-order valence-electron chi connectivity index (χ4n) is 5.09. The van der Waals surface area contributed by atoms with Crippen LogP contribution in [0.4, 0.5) is 17.1 Å². The molecule has 0 unspecified atom stereocenters. The van der Waals surface area contributed by atoms with Gasteiger partial charge in [0.25, 0.3) is 0 Å². The summed E-state index contributed by atoms with van der Waals surface area (Å²) in [4.78, 5) is 2.33. The molecule has 1 N–H and O–H groups in total. The normalized spacial score (nSPS) is 12.2. The average molecular weight is 522 g/mol. The summed E-state index contributed by atoms with van der Waals surface area (Å²) in [5, 5.41) is 17.9. The lowest BCUT2D eigenvalue weighted by Gasteiger charge is -2.37. The first-order valence-corrected chi connectivity index (χ1v) is 13.7. The highest BCUT2D eigenvalue weighted by Gasteiger charge is 2.35. The zero-order valence-corrected chi connectivity index (χ0v) is 23.4. The fraction of sp³-hybridized carbons (Fsp3) is 0.167. The van der Waals surface area contributed by atoms with Gasteiger partial charge in [0, 0.05) is 16.8 Å². The van der Waals surface area contributed by atoms with Crippen LogP contribution in [-0.4, -0.2) is 23.8 Å². The van der Waals surface area contributed by atoms with Gasteiger partial charge in [0.1, 0.15) is 0 Å². The van der Waals surface area contributed by atoms with Gasteiger partial charge in [-0.15, -0.1) is 0 Å². The van der Waals surface area contributed by atoms with Crippen LogP contribution in [-0.2, 0) is 4.65 Å². The van der Waals surface area contributed by atoms with Crippen molar-refractivity contribution in [2.45, 2.75) is 38.9 Å². The molecule has 0 aliphatic carbocycles. The molecule has 0 bridgehead atoms. The summed E-state index contributed by atoms with van der Waals surface area (Å²) in [6.07, 6.45) is 0. The van der Waals surface area contributed by atoms with Crippen molar-refractivity contribution in [1.29, 1.82) is 0 Å². The molecule has 6 aromatic carbocycles. The Labute approximate surface area is 236 Å². The van der Waals surface area contributed by atoms with Gasteiger partial charge in [0.2, 0.25) is 0 Å². The minimum atomic E-state index is -0.977. The molecule has 3 nitrogen and oxygen atoms in total. The first kappa shape index (κ1) is 26.1. The molecule has 0 fully saturated rings. The number of benzene rings is 6. The summed E-state index contributed by atoms with van der Waals surface area (Å²) in [6, 6.07) is 42.9. The fourth-order valence-corrected chi connectivity index (χ4v) is 5.09. The quantitative estimate of drug-likeness (QED) is 0.169. The highest BCUT2D eigenvalue weighted by molar-refractivity contribution is 6.47. The zero-order valence-electron chi connectivity index (χ0n) is 23.4. The SMILES string of the molecule is CC(C)(O)C(C)(C)O[B]c1ccc(N(c2ccccc2)c2cc3c4ccccc4ccc3c3ccccc23)cc1. The molecule has 0 heterocycles. The molecule has 197 valence electrons. The topological polar surface area (TPSA) is 32.7 Å². The van der Waals surface area contributed by atoms with Gasteiger partial charge in [-0.25, -0.2) is 0 Å². The molecule has 0 atom stereocenters. The van der Waals surface area contributed by atoms with E-state index in [1.54, 1.807) is 21.3 Å². The molecule has 0 saturated carbocycles. The lowest BCUT2D eigenvalue weighted by Crippen LogP contribution is -2.49. The third-order valence-corrected chi connectivity index (χ3v) is 8.11. The van der Waals surface area contributed by atoms with Crippen molar-refractivity contribution in [1.82, 2.24) is 0 Å². The van der Waals surface area contributed by atoms with Crippen molar-refractivity contribution in [3.63, 3.8) is 0 Å². The molecule has 6 aromatic rings. The molecule has 1 radical (unpaired) electrons. The molecule has 0 aliphatic rings. The van der Waals surface area contributed by atoms with E-state index in [1.807, 2.05) is 19.9 Å². The van der Waals surface area contributed by atoms with E-state index in [-0.39, 0.29) is 0 Å². The molecule has 4 heteroatoms. The van der Waals surface area contributed by atoms with Crippen molar-refractivity contribution in [3.8, 4) is 0 Å². The maximum Gasteiger partial charge on any atom is 0.330 e. The number of rotatable bonds is 7. The van der Waals surface area contributed by atoms with Crippen LogP contribution < -0.4 is 10.4 Å². The summed E-state index contributed by atoms with van der Waals surface area (Å²) in [5.41, 5.74) is 2.49. The number of hydrogen-bond acceptors (Lipinski definition) is 3. The molecule has 0 aromatic heterocycles. The van der Waals surface area contributed by atoms with Gasteiger partial charge in [-0.3, -0.25) is 0 Å². The highest BCUT2D eigenvalue weighted by Crippen LogP contribution is 2.43. The Bertz CT molecular complexity index is 1810. The van der Waals surface area contributed by atoms with Crippen LogP contribution in [0.2, 0.25) is 0 Å². The van der Waals surface area contributed by atoms with E-state index >= 15 is 0 Å². The number of anilines is 3. The van der Waals surface area contributed by atoms with Gasteiger partial charge in [0.05, 0.1) is 16.9 Å². The van der Waals surface area contributed by atoms with Gasteiger partial charge < -0.3 is 14.7 Å². The molecule has 0 amide bonds. The van der Waals surface area contributed by atoms with Gasteiger partial charge in [0.15, 0.2) is 0 Å². The first-order chi connectivity index (χ1) is 19.2. The molecular weight excluding hydrogens is 489 g/mol. The monoisotopic (exact) mass is 522 g/mol. The van der Waals surface area contributed by atoms with E-state index in [0.717, 1.165) is 22.5 Å². The molecular formula is C36H33BNO2. The molecule has 0 aliphatic heterocycles. The lowest BCUT2D eigenvalue weighted by molar-refractivity contribution is -0.0893. The first-order valence-electron chi connectivity index (χ1n) is 13.7. The van der Waals surface area contributed by atoms with Crippen molar-refractivity contribution in [2.24, 2.45) is 0 Å². The standard InChI is InChI=1S/C36H33BNO2/c1-35(2,39)36(3,4)40-37-26-19-21-28(22-20-26)38(27-13-6-5-7-14-27)34-24-33-29-15-9-8-12-25(29)18-23-31(33)30-16-10-11-17-32(30)34/h5-24,39H,1-4H3. The number of fused-ring (bicyclic) bond motifs is 5. The lowest BCUT2D eigenvalue weighted by atomic mass is 9.82. The Morgan fingerprint density at radius 3 is 1.85 bits per heavy atom. The number of nitrogens with zero attached hydrogens (tertiary/aromatic N) is 1. The predicted molar refractivity (Wildman–Crippen MR) is 170 cm³/mol. The second-order valence-corrected chi connectivity index (χ2v) is 11.4. The number of hydrogen-bond donors (Lipinski definition) is 1. The Morgan fingerprint density at radius 1 is 0.575 bits per heavy atom. The van der Waals surface area contributed by atoms with E-state index in [2.05, 4.69) is 120 Å². The van der Waals surface area contributed by atoms with E-state index in [0.29, 0.717) is 0 Å². The summed E-state index contributed by atoms with van der Waals surface area (Å²) in [5.74, 6) is 0. The molecule has 40 heavy (non-hydrogen) atoms. The average Bonchev–Trinajstić information content (AvgIpc) is 2.97. The summed E-state index contributed by atoms with van der Waals surface area (Å²) < 4.78 is 6.01. The number of para-hydroxylation sites is 1. The third-order valence-electron chi connectivity index (χ3n) is 8.11. The maximum atomic E-state index is 10.5. The van der Waals surface area contributed by atoms with Crippen LogP contribution in [0, 0.1) is 0 Å². The summed E-state index contributed by atoms with van der Waals surface area (Å²) in [6.45, 7) is 7.31. The second kappa shape index (κ2) is 10.1. The van der Waals surface area contributed by atoms with E-state index < -0.39 is 11.2 Å². The van der Waals surface area contributed by atoms with Crippen LogP contribution in [0.15, 0.2) is 121 Å². The van der Waals surface area contributed by atoms with Crippen LogP contribution in [0.1, 0.15) is 27.7 Å². The Balaban J connectivity index is 1.50. The molecule has 6 rings (SSSR count). The largest absolute Gasteiger partial charge is 0.427 e. The Kier molecular flexibility index (Phi) is 6.62. The van der Waals surface area contributed by atoms with Gasteiger partial charge in [-0.2, -0.15) is 0 Å². The van der Waals surface area contributed by atoms with Crippen LogP contribution in [0.3, 0.4) is 0 Å². The van der Waals surface area contributed by atoms with E-state index in [1.165, 1.54) is 32.3 Å². The van der Waals surface area contributed by atoms with Crippen molar-refractivity contribution < 1.29 is 9.76 Å². The summed E-state index contributed by atoms with van der Waals surface area (Å²) >= 11 is 0. The van der Waals surface area contributed by atoms with E-state index in [4.69, 9.17) is 4.65 Å². The van der Waals surface area contributed by atoms with Crippen LogP contribution in [0.25, 0.3) is 32.3 Å². The van der Waals surface area contributed by atoms with Gasteiger partial charge in [-0.05, 0) is 85.0 Å². The Morgan fingerprint density at radius 2 is 1.15 bits per heavy atom. The molecule has 0 spiro atoms. The highest BCUT2D eigenvalue weighted by atomic mass is 16.5. The van der Waals surface area contributed by atoms with Crippen LogP contribution >= 0.6 is 0 Å². The molecule has 0 saturated heterocycles. The predicted octanol–water partition coefficient (Wildman–Crippen LogP) is 8.43. The van der Waals surface area contributed by atoms with Crippen molar-refractivity contribution in [3.05, 3.63) is 121 Å². The van der Waals surface area contributed by atoms with Crippen LogP contribution in [0.5, 0.6) is 0 Å². The second-order valence-electron chi connectivity index (χ2n) is 11.4. The number of aliphatic hydroxyl groups is 1. The van der Waals surface area contributed by atoms with Crippen molar-refractivity contribution in [2.75, 3.05) is 4.90 Å². The zero-order chi connectivity index (χ0) is 27.9. The summed E-state index contributed by atoms with van der Waals surface area (Å²) in [7, 11) is 1.73. The smallest absolute Gasteiger partial charge is 0.330 e. The minimum absolute atomic E-state index is 0.728. The Hall–Kier alpha value is -4.12.